The summed E-state index contributed by atoms with van der Waals surface area (Å²) in [4.78, 5) is 12.2. The molecule has 2 heterocycles. The number of carbonyl (C=O) groups is 1. The van der Waals surface area contributed by atoms with Gasteiger partial charge in [-0.2, -0.15) is 5.10 Å². The fourth-order valence-electron chi connectivity index (χ4n) is 3.39. The Kier molecular flexibility index (Phi) is 3.82. The number of hydrogen-bond donors (Lipinski definition) is 3. The molecule has 0 spiro atoms. The molecule has 1 amide bonds. The maximum absolute atomic E-state index is 12.2. The van der Waals surface area contributed by atoms with Crippen molar-refractivity contribution in [3.8, 4) is 0 Å². The predicted octanol–water partition coefficient (Wildman–Crippen LogP) is 1.34. The number of nitrogens with zero attached hydrogens (tertiary/aromatic N) is 1. The molecule has 1 saturated carbocycles. The molecule has 19 heavy (non-hydrogen) atoms. The van der Waals surface area contributed by atoms with E-state index in [-0.39, 0.29) is 11.9 Å². The van der Waals surface area contributed by atoms with E-state index in [0.29, 0.717) is 12.6 Å². The number of carbonyl (C=O) groups excluding carboxylic acids is 1. The molecule has 1 saturated heterocycles. The molecule has 104 valence electrons. The molecule has 1 aliphatic carbocycles. The highest BCUT2D eigenvalue weighted by molar-refractivity contribution is 5.81. The molecule has 0 bridgehead atoms. The molecule has 0 aromatic carbocycles. The van der Waals surface area contributed by atoms with Gasteiger partial charge in [-0.25, -0.2) is 0 Å². The summed E-state index contributed by atoms with van der Waals surface area (Å²) in [5, 5.41) is 13.3. The first kappa shape index (κ1) is 12.7. The van der Waals surface area contributed by atoms with Gasteiger partial charge in [0, 0.05) is 12.2 Å². The lowest BCUT2D eigenvalue weighted by molar-refractivity contribution is -0.124. The summed E-state index contributed by atoms with van der Waals surface area (Å²) in [5.74, 6) is 0.920. The van der Waals surface area contributed by atoms with Crippen molar-refractivity contribution in [3.63, 3.8) is 0 Å². The molecular weight excluding hydrogens is 240 g/mol. The number of aromatic nitrogens is 2. The average Bonchev–Trinajstić information content (AvgIpc) is 2.97. The lowest BCUT2D eigenvalue weighted by atomic mass is 9.77. The van der Waals surface area contributed by atoms with Crippen LogP contribution in [-0.4, -0.2) is 28.2 Å². The van der Waals surface area contributed by atoms with Gasteiger partial charge in [0.05, 0.1) is 18.3 Å². The zero-order valence-corrected chi connectivity index (χ0v) is 11.2. The van der Waals surface area contributed by atoms with Gasteiger partial charge in [0.1, 0.15) is 0 Å². The molecule has 2 aliphatic rings. The Morgan fingerprint density at radius 1 is 1.32 bits per heavy atom. The Bertz CT molecular complexity index is 417. The van der Waals surface area contributed by atoms with Gasteiger partial charge in [0.25, 0.3) is 0 Å². The van der Waals surface area contributed by atoms with Crippen LogP contribution in [0.3, 0.4) is 0 Å². The topological polar surface area (TPSA) is 69.8 Å². The number of piperidine rings is 1. The number of aromatic amines is 1. The van der Waals surface area contributed by atoms with Crippen LogP contribution in [0.15, 0.2) is 12.3 Å². The smallest absolute Gasteiger partial charge is 0.237 e. The summed E-state index contributed by atoms with van der Waals surface area (Å²) in [5.41, 5.74) is 0.944. The second kappa shape index (κ2) is 5.74. The van der Waals surface area contributed by atoms with E-state index < -0.39 is 0 Å². The standard InChI is InChI=1S/C14H22N4O/c19-14(15-9-11-7-8-16-18-11)13-6-5-10-3-1-2-4-12(10)17-13/h7-8,10,12-13,17H,1-6,9H2,(H,15,19)(H,16,18). The number of hydrogen-bond acceptors (Lipinski definition) is 3. The zero-order chi connectivity index (χ0) is 13.1. The van der Waals surface area contributed by atoms with E-state index in [1.54, 1.807) is 6.20 Å². The Balaban J connectivity index is 1.50. The first-order valence-electron chi connectivity index (χ1n) is 7.35. The minimum absolute atomic E-state index is 0.0118. The van der Waals surface area contributed by atoms with Gasteiger partial charge in [-0.3, -0.25) is 9.89 Å². The third-order valence-electron chi connectivity index (χ3n) is 4.48. The second-order valence-electron chi connectivity index (χ2n) is 5.75. The van der Waals surface area contributed by atoms with Crippen LogP contribution in [0.4, 0.5) is 0 Å². The van der Waals surface area contributed by atoms with Gasteiger partial charge in [0.2, 0.25) is 5.91 Å². The number of fused-ring (bicyclic) bond motifs is 1. The third kappa shape index (κ3) is 2.97. The van der Waals surface area contributed by atoms with Crippen molar-refractivity contribution in [1.82, 2.24) is 20.8 Å². The van der Waals surface area contributed by atoms with E-state index in [2.05, 4.69) is 20.8 Å². The lowest BCUT2D eigenvalue weighted by Crippen LogP contribution is -2.54. The summed E-state index contributed by atoms with van der Waals surface area (Å²) in [6.07, 6.45) is 9.09. The molecule has 5 heteroatoms. The summed E-state index contributed by atoms with van der Waals surface area (Å²) < 4.78 is 0. The predicted molar refractivity (Wildman–Crippen MR) is 72.3 cm³/mol. The monoisotopic (exact) mass is 262 g/mol. The maximum atomic E-state index is 12.2. The third-order valence-corrected chi connectivity index (χ3v) is 4.48. The molecule has 1 aromatic heterocycles. The van der Waals surface area contributed by atoms with E-state index in [0.717, 1.165) is 18.0 Å². The highest BCUT2D eigenvalue weighted by Crippen LogP contribution is 2.32. The van der Waals surface area contributed by atoms with Crippen molar-refractivity contribution in [2.24, 2.45) is 5.92 Å². The summed E-state index contributed by atoms with van der Waals surface area (Å²) >= 11 is 0. The van der Waals surface area contributed by atoms with E-state index in [1.807, 2.05) is 6.07 Å². The SMILES string of the molecule is O=C(NCc1ccn[nH]1)C1CCC2CCCCC2N1. The lowest BCUT2D eigenvalue weighted by Gasteiger charge is -2.39. The van der Waals surface area contributed by atoms with Crippen LogP contribution in [0, 0.1) is 5.92 Å². The zero-order valence-electron chi connectivity index (χ0n) is 11.2. The molecule has 2 fully saturated rings. The molecule has 3 atom stereocenters. The molecule has 0 radical (unpaired) electrons. The van der Waals surface area contributed by atoms with Crippen molar-refractivity contribution in [1.29, 1.82) is 0 Å². The Labute approximate surface area is 113 Å². The molecular formula is C14H22N4O. The van der Waals surface area contributed by atoms with Crippen LogP contribution in [0.2, 0.25) is 0 Å². The Morgan fingerprint density at radius 3 is 3.05 bits per heavy atom. The van der Waals surface area contributed by atoms with Crippen molar-refractivity contribution in [2.75, 3.05) is 0 Å². The second-order valence-corrected chi connectivity index (χ2v) is 5.75. The van der Waals surface area contributed by atoms with Crippen LogP contribution in [0.5, 0.6) is 0 Å². The summed E-state index contributed by atoms with van der Waals surface area (Å²) in [7, 11) is 0. The van der Waals surface area contributed by atoms with Gasteiger partial charge in [-0.1, -0.05) is 12.8 Å². The molecule has 1 aliphatic heterocycles. The Morgan fingerprint density at radius 2 is 2.21 bits per heavy atom. The van der Waals surface area contributed by atoms with Gasteiger partial charge < -0.3 is 10.6 Å². The highest BCUT2D eigenvalue weighted by Gasteiger charge is 2.34. The fraction of sp³-hybridized carbons (Fsp3) is 0.714. The van der Waals surface area contributed by atoms with Crippen molar-refractivity contribution >= 4 is 5.91 Å². The molecule has 3 unspecified atom stereocenters. The molecule has 5 nitrogen and oxygen atoms in total. The fourth-order valence-corrected chi connectivity index (χ4v) is 3.39. The average molecular weight is 262 g/mol. The largest absolute Gasteiger partial charge is 0.349 e. The minimum Gasteiger partial charge on any atom is -0.349 e. The summed E-state index contributed by atoms with van der Waals surface area (Å²) in [6.45, 7) is 0.533. The van der Waals surface area contributed by atoms with Crippen LogP contribution in [0.1, 0.15) is 44.2 Å². The number of amides is 1. The number of nitrogens with one attached hydrogen (secondary N) is 3. The molecule has 3 N–H and O–H groups in total. The van der Waals surface area contributed by atoms with Gasteiger partial charge in [-0.05, 0) is 37.7 Å². The van der Waals surface area contributed by atoms with Crippen LogP contribution in [-0.2, 0) is 11.3 Å². The Hall–Kier alpha value is -1.36. The normalized spacial score (nSPS) is 30.6. The van der Waals surface area contributed by atoms with Gasteiger partial charge in [0.15, 0.2) is 0 Å². The maximum Gasteiger partial charge on any atom is 0.237 e. The van der Waals surface area contributed by atoms with E-state index in [1.165, 1.54) is 32.1 Å². The quantitative estimate of drug-likeness (QED) is 0.770. The minimum atomic E-state index is -0.0118. The first-order valence-corrected chi connectivity index (χ1v) is 7.35. The van der Waals surface area contributed by atoms with E-state index in [9.17, 15) is 4.79 Å². The van der Waals surface area contributed by atoms with Crippen molar-refractivity contribution in [2.45, 2.75) is 57.2 Å². The molecule has 1 aromatic rings. The molecule has 3 rings (SSSR count). The van der Waals surface area contributed by atoms with Gasteiger partial charge in [-0.15, -0.1) is 0 Å². The van der Waals surface area contributed by atoms with Gasteiger partial charge >= 0.3 is 0 Å². The first-order chi connectivity index (χ1) is 9.33. The van der Waals surface area contributed by atoms with Crippen LogP contribution < -0.4 is 10.6 Å². The van der Waals surface area contributed by atoms with E-state index >= 15 is 0 Å². The number of H-pyrrole nitrogens is 1. The van der Waals surface area contributed by atoms with Crippen molar-refractivity contribution < 1.29 is 4.79 Å². The van der Waals surface area contributed by atoms with E-state index in [4.69, 9.17) is 0 Å². The van der Waals surface area contributed by atoms with Crippen molar-refractivity contribution in [3.05, 3.63) is 18.0 Å². The van der Waals surface area contributed by atoms with Crippen LogP contribution >= 0.6 is 0 Å². The number of rotatable bonds is 3. The van der Waals surface area contributed by atoms with Crippen LogP contribution in [0.25, 0.3) is 0 Å². The summed E-state index contributed by atoms with van der Waals surface area (Å²) in [6, 6.07) is 2.43. The highest BCUT2D eigenvalue weighted by atomic mass is 16.2.